The van der Waals surface area contributed by atoms with Crippen LogP contribution in [0.5, 0.6) is 0 Å². The number of nitrogens with one attached hydrogen (secondary N) is 1. The largest absolute Gasteiger partial charge is 0.434 e. The summed E-state index contributed by atoms with van der Waals surface area (Å²) in [6.07, 6.45) is -2.11. The molecule has 2 aromatic rings. The summed E-state index contributed by atoms with van der Waals surface area (Å²) >= 11 is 13.5. The van der Waals surface area contributed by atoms with Crippen LogP contribution in [0.3, 0.4) is 0 Å². The molecule has 26 heavy (non-hydrogen) atoms. The van der Waals surface area contributed by atoms with E-state index in [0.29, 0.717) is 10.3 Å². The SMILES string of the molecule is CSCC(C)(C)NC(=O)c1ncn(-c2c(Cl)cccc2Cl)c1C(F)(F)F. The number of aromatic nitrogens is 2. The highest BCUT2D eigenvalue weighted by Gasteiger charge is 2.42. The highest BCUT2D eigenvalue weighted by atomic mass is 35.5. The molecule has 0 fully saturated rings. The molecule has 0 aliphatic heterocycles. The fourth-order valence-corrected chi connectivity index (χ4v) is 3.81. The maximum Gasteiger partial charge on any atom is 0.434 e. The molecule has 0 saturated heterocycles. The Balaban J connectivity index is 2.57. The van der Waals surface area contributed by atoms with Crippen molar-refractivity contribution in [3.8, 4) is 5.69 Å². The molecular formula is C16H16Cl2F3N3OS. The summed E-state index contributed by atoms with van der Waals surface area (Å²) < 4.78 is 41.8. The van der Waals surface area contributed by atoms with Crippen molar-refractivity contribution in [1.82, 2.24) is 14.9 Å². The lowest BCUT2D eigenvalue weighted by Crippen LogP contribution is -2.46. The summed E-state index contributed by atoms with van der Waals surface area (Å²) in [5, 5.41) is 2.60. The quantitative estimate of drug-likeness (QED) is 0.727. The Morgan fingerprint density at radius 1 is 1.27 bits per heavy atom. The van der Waals surface area contributed by atoms with Gasteiger partial charge in [-0.1, -0.05) is 29.3 Å². The summed E-state index contributed by atoms with van der Waals surface area (Å²) in [7, 11) is 0. The number of amides is 1. The normalized spacial score (nSPS) is 12.3. The van der Waals surface area contributed by atoms with E-state index >= 15 is 0 Å². The van der Waals surface area contributed by atoms with Crippen LogP contribution in [0.2, 0.25) is 10.0 Å². The molecule has 0 radical (unpaired) electrons. The van der Waals surface area contributed by atoms with E-state index < -0.39 is 29.0 Å². The first-order valence-corrected chi connectivity index (χ1v) is 9.53. The smallest absolute Gasteiger partial charge is 0.345 e. The zero-order valence-electron chi connectivity index (χ0n) is 14.1. The third kappa shape index (κ3) is 4.47. The molecule has 142 valence electrons. The van der Waals surface area contributed by atoms with E-state index in [-0.39, 0.29) is 15.7 Å². The molecule has 4 nitrogen and oxygen atoms in total. The van der Waals surface area contributed by atoms with E-state index in [1.165, 1.54) is 30.0 Å². The highest BCUT2D eigenvalue weighted by molar-refractivity contribution is 7.98. The van der Waals surface area contributed by atoms with Gasteiger partial charge in [0, 0.05) is 11.3 Å². The number of alkyl halides is 3. The van der Waals surface area contributed by atoms with Gasteiger partial charge in [0.25, 0.3) is 5.91 Å². The predicted octanol–water partition coefficient (Wildman–Crippen LogP) is 5.07. The molecule has 0 aliphatic carbocycles. The standard InChI is InChI=1S/C16H16Cl2F3N3OS/c1-15(2,7-26-3)23-14(25)11-13(16(19,20)21)24(8-22-11)12-9(17)5-4-6-10(12)18/h4-6,8H,7H2,1-3H3,(H,23,25). The maximum atomic E-state index is 13.7. The topological polar surface area (TPSA) is 46.9 Å². The van der Waals surface area contributed by atoms with E-state index in [2.05, 4.69) is 10.3 Å². The molecule has 2 rings (SSSR count). The minimum Gasteiger partial charge on any atom is -0.345 e. The Morgan fingerprint density at radius 3 is 2.35 bits per heavy atom. The molecule has 0 aliphatic rings. The second-order valence-electron chi connectivity index (χ2n) is 6.15. The van der Waals surface area contributed by atoms with Gasteiger partial charge in [-0.3, -0.25) is 9.36 Å². The number of imidazole rings is 1. The lowest BCUT2D eigenvalue weighted by molar-refractivity contribution is -0.142. The first-order valence-electron chi connectivity index (χ1n) is 7.38. The van der Waals surface area contributed by atoms with Crippen LogP contribution >= 0.6 is 35.0 Å². The van der Waals surface area contributed by atoms with Crippen molar-refractivity contribution in [3.05, 3.63) is 46.0 Å². The molecular weight excluding hydrogens is 410 g/mol. The first kappa shape index (κ1) is 20.9. The van der Waals surface area contributed by atoms with Gasteiger partial charge in [-0.15, -0.1) is 0 Å². The third-order valence-corrected chi connectivity index (χ3v) is 5.01. The molecule has 10 heteroatoms. The Kier molecular flexibility index (Phi) is 6.20. The van der Waals surface area contributed by atoms with Crippen LogP contribution in [0.4, 0.5) is 13.2 Å². The summed E-state index contributed by atoms with van der Waals surface area (Å²) in [6.45, 7) is 3.44. The zero-order valence-corrected chi connectivity index (χ0v) is 16.4. The Labute approximate surface area is 163 Å². The second-order valence-corrected chi connectivity index (χ2v) is 7.83. The fraction of sp³-hybridized carbons (Fsp3) is 0.375. The number of para-hydroxylation sites is 1. The molecule has 1 aromatic heterocycles. The number of thioether (sulfide) groups is 1. The van der Waals surface area contributed by atoms with Crippen LogP contribution in [-0.4, -0.2) is 33.0 Å². The van der Waals surface area contributed by atoms with Gasteiger partial charge in [-0.05, 0) is 32.2 Å². The number of carbonyl (C=O) groups is 1. The van der Waals surface area contributed by atoms with Crippen LogP contribution in [0.15, 0.2) is 24.5 Å². The predicted molar refractivity (Wildman–Crippen MR) is 98.5 cm³/mol. The van der Waals surface area contributed by atoms with Crippen molar-refractivity contribution in [3.63, 3.8) is 0 Å². The number of halogens is 5. The Bertz CT molecular complexity index is 801. The van der Waals surface area contributed by atoms with Crippen molar-refractivity contribution in [2.75, 3.05) is 12.0 Å². The number of carbonyl (C=O) groups excluding carboxylic acids is 1. The van der Waals surface area contributed by atoms with Gasteiger partial charge in [0.2, 0.25) is 0 Å². The van der Waals surface area contributed by atoms with Crippen LogP contribution < -0.4 is 5.32 Å². The van der Waals surface area contributed by atoms with Crippen molar-refractivity contribution in [2.24, 2.45) is 0 Å². The van der Waals surface area contributed by atoms with Crippen molar-refractivity contribution < 1.29 is 18.0 Å². The molecule has 0 spiro atoms. The average molecular weight is 426 g/mol. The van der Waals surface area contributed by atoms with E-state index in [1.807, 2.05) is 6.26 Å². The third-order valence-electron chi connectivity index (χ3n) is 3.39. The molecule has 0 atom stereocenters. The molecule has 1 aromatic carbocycles. The van der Waals surface area contributed by atoms with Crippen molar-refractivity contribution in [2.45, 2.75) is 25.6 Å². The molecule has 1 amide bonds. The number of hydrogen-bond acceptors (Lipinski definition) is 3. The highest BCUT2D eigenvalue weighted by Crippen LogP contribution is 2.37. The Hall–Kier alpha value is -1.38. The van der Waals surface area contributed by atoms with Gasteiger partial charge < -0.3 is 5.32 Å². The monoisotopic (exact) mass is 425 g/mol. The van der Waals surface area contributed by atoms with Crippen LogP contribution in [0.25, 0.3) is 5.69 Å². The lowest BCUT2D eigenvalue weighted by Gasteiger charge is -2.25. The van der Waals surface area contributed by atoms with Gasteiger partial charge in [-0.25, -0.2) is 4.98 Å². The Morgan fingerprint density at radius 2 is 1.85 bits per heavy atom. The average Bonchev–Trinajstić information content (AvgIpc) is 2.91. The minimum atomic E-state index is -4.84. The maximum absolute atomic E-state index is 13.7. The van der Waals surface area contributed by atoms with E-state index in [4.69, 9.17) is 23.2 Å². The van der Waals surface area contributed by atoms with Gasteiger partial charge >= 0.3 is 6.18 Å². The minimum absolute atomic E-state index is 0.00933. The summed E-state index contributed by atoms with van der Waals surface area (Å²) in [5.74, 6) is -0.393. The molecule has 0 unspecified atom stereocenters. The van der Waals surface area contributed by atoms with Crippen LogP contribution in [0.1, 0.15) is 30.0 Å². The van der Waals surface area contributed by atoms with E-state index in [0.717, 1.165) is 6.33 Å². The van der Waals surface area contributed by atoms with Crippen LogP contribution in [0, 0.1) is 0 Å². The molecule has 0 saturated carbocycles. The molecule has 0 bridgehead atoms. The van der Waals surface area contributed by atoms with Crippen LogP contribution in [-0.2, 0) is 6.18 Å². The molecule has 1 N–H and O–H groups in total. The van der Waals surface area contributed by atoms with Gasteiger partial charge in [0.15, 0.2) is 11.4 Å². The number of benzene rings is 1. The summed E-state index contributed by atoms with van der Waals surface area (Å²) in [6, 6.07) is 4.32. The van der Waals surface area contributed by atoms with E-state index in [9.17, 15) is 18.0 Å². The fourth-order valence-electron chi connectivity index (χ4n) is 2.44. The number of hydrogen-bond donors (Lipinski definition) is 1. The van der Waals surface area contributed by atoms with E-state index in [1.54, 1.807) is 13.8 Å². The van der Waals surface area contributed by atoms with Crippen molar-refractivity contribution >= 4 is 40.9 Å². The second kappa shape index (κ2) is 7.70. The van der Waals surface area contributed by atoms with Crippen molar-refractivity contribution in [1.29, 1.82) is 0 Å². The van der Waals surface area contributed by atoms with Gasteiger partial charge in [0.05, 0.1) is 15.7 Å². The van der Waals surface area contributed by atoms with Gasteiger partial charge in [0.1, 0.15) is 6.33 Å². The number of rotatable bonds is 5. The summed E-state index contributed by atoms with van der Waals surface area (Å²) in [4.78, 5) is 16.1. The zero-order chi connectivity index (χ0) is 19.7. The number of nitrogens with zero attached hydrogens (tertiary/aromatic N) is 2. The first-order chi connectivity index (χ1) is 12.0. The molecule has 1 heterocycles. The van der Waals surface area contributed by atoms with Gasteiger partial charge in [-0.2, -0.15) is 24.9 Å². The lowest BCUT2D eigenvalue weighted by atomic mass is 10.1. The summed E-state index contributed by atoms with van der Waals surface area (Å²) in [5.41, 5.74) is -2.75.